The van der Waals surface area contributed by atoms with E-state index in [1.165, 1.54) is 0 Å². The largest absolute Gasteiger partial charge is 0.233 e. The lowest BCUT2D eigenvalue weighted by Gasteiger charge is -2.20. The van der Waals surface area contributed by atoms with Crippen LogP contribution in [-0.4, -0.2) is 34.9 Å². The summed E-state index contributed by atoms with van der Waals surface area (Å²) in [7, 11) is 0. The minimum Gasteiger partial charge on any atom is -0.233 e. The molecule has 0 aliphatic carbocycles. The maximum Gasteiger partial charge on any atom is 0.164 e. The van der Waals surface area contributed by atoms with E-state index in [2.05, 4.69) is 133 Å². The van der Waals surface area contributed by atoms with Crippen molar-refractivity contribution in [1.82, 2.24) is 34.9 Å². The molecule has 7 heteroatoms. The van der Waals surface area contributed by atoms with Crippen LogP contribution in [0.5, 0.6) is 0 Å². The first kappa shape index (κ1) is 41.6. The Bertz CT molecular complexity index is 3500. The second-order valence-electron chi connectivity index (χ2n) is 16.6. The molecular weight excluding hydrogens is 831 g/mol. The van der Waals surface area contributed by atoms with E-state index < -0.39 is 0 Å². The molecule has 0 saturated heterocycles. The highest BCUT2D eigenvalue weighted by Gasteiger charge is 2.24. The van der Waals surface area contributed by atoms with Gasteiger partial charge in [-0.05, 0) is 53.8 Å². The van der Waals surface area contributed by atoms with Gasteiger partial charge >= 0.3 is 0 Å². The van der Waals surface area contributed by atoms with E-state index in [0.717, 1.165) is 95.1 Å². The molecule has 8 aromatic carbocycles. The van der Waals surface area contributed by atoms with Crippen LogP contribution in [0, 0.1) is 13.8 Å². The van der Waals surface area contributed by atoms with Gasteiger partial charge in [-0.25, -0.2) is 34.9 Å². The lowest BCUT2D eigenvalue weighted by atomic mass is 9.85. The Labute approximate surface area is 395 Å². The molecule has 3 heterocycles. The fourth-order valence-electron chi connectivity index (χ4n) is 8.88. The summed E-state index contributed by atoms with van der Waals surface area (Å²) < 4.78 is 0. The van der Waals surface area contributed by atoms with E-state index in [-0.39, 0.29) is 0 Å². The molecule has 0 N–H and O–H groups in total. The van der Waals surface area contributed by atoms with Crippen LogP contribution in [0.4, 0.5) is 0 Å². The normalized spacial score (nSPS) is 11.1. The van der Waals surface area contributed by atoms with Crippen LogP contribution in [0.1, 0.15) is 11.4 Å². The van der Waals surface area contributed by atoms with E-state index in [9.17, 15) is 0 Å². The van der Waals surface area contributed by atoms with Gasteiger partial charge in [0.2, 0.25) is 0 Å². The van der Waals surface area contributed by atoms with Crippen molar-refractivity contribution >= 4 is 0 Å². The van der Waals surface area contributed by atoms with Gasteiger partial charge in [0.15, 0.2) is 29.1 Å². The van der Waals surface area contributed by atoms with Crippen LogP contribution in [0.2, 0.25) is 0 Å². The Hall–Kier alpha value is -9.07. The Balaban J connectivity index is 1.17. The minimum absolute atomic E-state index is 0.551. The van der Waals surface area contributed by atoms with Crippen LogP contribution in [-0.2, 0) is 0 Å². The van der Waals surface area contributed by atoms with Crippen LogP contribution in [0.25, 0.3) is 113 Å². The third-order valence-corrected chi connectivity index (χ3v) is 12.0. The Morgan fingerprint density at radius 1 is 0.221 bits per heavy atom. The number of rotatable bonds is 10. The molecule has 0 bridgehead atoms. The average Bonchev–Trinajstić information content (AvgIpc) is 3.41. The first-order valence-electron chi connectivity index (χ1n) is 22.7. The molecule has 3 aromatic heterocycles. The highest BCUT2D eigenvalue weighted by atomic mass is 15.0. The zero-order valence-electron chi connectivity index (χ0n) is 37.5. The number of benzene rings is 8. The average molecular weight is 874 g/mol. The smallest absolute Gasteiger partial charge is 0.164 e. The van der Waals surface area contributed by atoms with Gasteiger partial charge in [0.05, 0.1) is 11.4 Å². The summed E-state index contributed by atoms with van der Waals surface area (Å²) >= 11 is 0. The third-order valence-electron chi connectivity index (χ3n) is 12.0. The van der Waals surface area contributed by atoms with Crippen LogP contribution in [0.3, 0.4) is 0 Å². The van der Waals surface area contributed by atoms with Crippen LogP contribution >= 0.6 is 0 Å². The molecule has 0 saturated carbocycles. The molecule has 11 rings (SSSR count). The van der Waals surface area contributed by atoms with Crippen molar-refractivity contribution in [3.8, 4) is 113 Å². The minimum atomic E-state index is 0.551. The SMILES string of the molecule is Cc1cc(C)nc(-c2cccc(-c3ccccc3-c3nc(-c4ccccc4)nc(-c4ccccc4-c4ccccc4)n3)c2-c2ccccc2-c2cc(-c3ccccc3)nc(-c3ccccc3)n2)n1. The molecule has 0 radical (unpaired) electrons. The van der Waals surface area contributed by atoms with E-state index in [1.54, 1.807) is 0 Å². The highest BCUT2D eigenvalue weighted by Crippen LogP contribution is 2.46. The summed E-state index contributed by atoms with van der Waals surface area (Å²) in [6.07, 6.45) is 0. The quantitative estimate of drug-likeness (QED) is 0.135. The molecule has 11 aromatic rings. The number of nitrogens with zero attached hydrogens (tertiary/aromatic N) is 7. The standard InChI is InChI=1S/C61H43N7/c1-40-38-41(2)63-61(62-40)53-37-21-36-49(56(53)50-33-18-17-32-48(50)55-39-54(43-24-9-4-10-25-43)64-57(65-55)44-26-11-5-12-27-44)47-31-16-20-35-52(47)60-67-58(45-28-13-6-14-29-45)66-59(68-60)51-34-19-15-30-46(51)42-22-7-3-8-23-42/h3-39H,1-2H3. The second kappa shape index (κ2) is 18.4. The van der Waals surface area contributed by atoms with Gasteiger partial charge in [0.25, 0.3) is 0 Å². The lowest BCUT2D eigenvalue weighted by Crippen LogP contribution is -2.03. The number of aromatic nitrogens is 7. The van der Waals surface area contributed by atoms with E-state index in [1.807, 2.05) is 105 Å². The zero-order valence-corrected chi connectivity index (χ0v) is 37.5. The van der Waals surface area contributed by atoms with E-state index in [0.29, 0.717) is 29.1 Å². The summed E-state index contributed by atoms with van der Waals surface area (Å²) in [5, 5.41) is 0. The molecule has 0 fully saturated rings. The maximum atomic E-state index is 5.36. The second-order valence-corrected chi connectivity index (χ2v) is 16.6. The van der Waals surface area contributed by atoms with E-state index >= 15 is 0 Å². The fourth-order valence-corrected chi connectivity index (χ4v) is 8.88. The molecule has 0 spiro atoms. The number of hydrogen-bond donors (Lipinski definition) is 0. The van der Waals surface area contributed by atoms with Gasteiger partial charge in [0, 0.05) is 55.9 Å². The molecule has 0 amide bonds. The van der Waals surface area contributed by atoms with Gasteiger partial charge in [-0.2, -0.15) is 0 Å². The van der Waals surface area contributed by atoms with Crippen molar-refractivity contribution in [2.24, 2.45) is 0 Å². The van der Waals surface area contributed by atoms with Gasteiger partial charge in [-0.1, -0.05) is 212 Å². The number of aryl methyl sites for hydroxylation is 2. The fraction of sp³-hybridized carbons (Fsp3) is 0.0328. The summed E-state index contributed by atoms with van der Waals surface area (Å²) in [5.41, 5.74) is 15.7. The predicted octanol–water partition coefficient (Wildman–Crippen LogP) is 14.7. The molecule has 0 atom stereocenters. The van der Waals surface area contributed by atoms with E-state index in [4.69, 9.17) is 34.9 Å². The van der Waals surface area contributed by atoms with Gasteiger partial charge in [-0.3, -0.25) is 0 Å². The molecular formula is C61H43N7. The van der Waals surface area contributed by atoms with Crippen molar-refractivity contribution in [2.75, 3.05) is 0 Å². The molecule has 0 aliphatic heterocycles. The summed E-state index contributed by atoms with van der Waals surface area (Å²) in [6, 6.07) is 76.5. The Morgan fingerprint density at radius 3 is 1.19 bits per heavy atom. The van der Waals surface area contributed by atoms with Crippen molar-refractivity contribution in [3.05, 3.63) is 236 Å². The van der Waals surface area contributed by atoms with Gasteiger partial charge < -0.3 is 0 Å². The predicted molar refractivity (Wildman–Crippen MR) is 275 cm³/mol. The van der Waals surface area contributed by atoms with Gasteiger partial charge in [0.1, 0.15) is 0 Å². The zero-order chi connectivity index (χ0) is 45.8. The first-order chi connectivity index (χ1) is 33.5. The van der Waals surface area contributed by atoms with Crippen LogP contribution in [0.15, 0.2) is 224 Å². The Kier molecular flexibility index (Phi) is 11.3. The highest BCUT2D eigenvalue weighted by molar-refractivity contribution is 6.01. The molecule has 68 heavy (non-hydrogen) atoms. The van der Waals surface area contributed by atoms with Crippen LogP contribution < -0.4 is 0 Å². The molecule has 0 unspecified atom stereocenters. The third kappa shape index (κ3) is 8.36. The Morgan fingerprint density at radius 2 is 0.603 bits per heavy atom. The van der Waals surface area contributed by atoms with Crippen molar-refractivity contribution in [1.29, 1.82) is 0 Å². The molecule has 7 nitrogen and oxygen atoms in total. The summed E-state index contributed by atoms with van der Waals surface area (Å²) in [6.45, 7) is 4.03. The monoisotopic (exact) mass is 873 g/mol. The molecule has 322 valence electrons. The topological polar surface area (TPSA) is 90.2 Å². The number of hydrogen-bond acceptors (Lipinski definition) is 7. The summed E-state index contributed by atoms with van der Waals surface area (Å²) in [4.78, 5) is 36.4. The first-order valence-corrected chi connectivity index (χ1v) is 22.7. The summed E-state index contributed by atoms with van der Waals surface area (Å²) in [5.74, 6) is 2.99. The van der Waals surface area contributed by atoms with Crippen molar-refractivity contribution < 1.29 is 0 Å². The maximum absolute atomic E-state index is 5.36. The lowest BCUT2D eigenvalue weighted by molar-refractivity contribution is 1.06. The van der Waals surface area contributed by atoms with Crippen molar-refractivity contribution in [3.63, 3.8) is 0 Å². The van der Waals surface area contributed by atoms with Gasteiger partial charge in [-0.15, -0.1) is 0 Å². The molecule has 0 aliphatic rings. The van der Waals surface area contributed by atoms with Crippen molar-refractivity contribution in [2.45, 2.75) is 13.8 Å².